The number of rotatable bonds is 4. The Morgan fingerprint density at radius 2 is 1.96 bits per heavy atom. The summed E-state index contributed by atoms with van der Waals surface area (Å²) in [6, 6.07) is 10.7. The number of benzene rings is 1. The molecule has 142 valence electrons. The Labute approximate surface area is 161 Å². The molecule has 1 amide bonds. The summed E-state index contributed by atoms with van der Waals surface area (Å²) in [5, 5.41) is 2.92. The van der Waals surface area contributed by atoms with Crippen LogP contribution >= 0.6 is 0 Å². The number of nitrogens with zero attached hydrogens (tertiary/aromatic N) is 3. The molecule has 1 aromatic heterocycles. The summed E-state index contributed by atoms with van der Waals surface area (Å²) in [6.07, 6.45) is 7.38. The smallest absolute Gasteiger partial charge is 0.255 e. The normalized spacial score (nSPS) is 20.9. The van der Waals surface area contributed by atoms with Crippen LogP contribution in [-0.4, -0.2) is 52.9 Å². The number of pyridine rings is 1. The predicted octanol–water partition coefficient (Wildman–Crippen LogP) is 3.31. The number of carbonyl (C=O) groups excluding carboxylic acids is 1. The first-order valence-corrected chi connectivity index (χ1v) is 9.96. The Morgan fingerprint density at radius 1 is 1.15 bits per heavy atom. The molecule has 1 N–H and O–H groups in total. The third-order valence-electron chi connectivity index (χ3n) is 5.64. The van der Waals surface area contributed by atoms with Gasteiger partial charge in [0.2, 0.25) is 0 Å². The summed E-state index contributed by atoms with van der Waals surface area (Å²) in [5.74, 6) is -0.0923. The molecule has 0 radical (unpaired) electrons. The number of fused-ring (bicyclic) bond motifs is 1. The lowest BCUT2D eigenvalue weighted by Gasteiger charge is -2.25. The highest BCUT2D eigenvalue weighted by Gasteiger charge is 2.28. The van der Waals surface area contributed by atoms with Crippen LogP contribution in [0.2, 0.25) is 0 Å². The number of anilines is 1. The summed E-state index contributed by atoms with van der Waals surface area (Å²) in [4.78, 5) is 21.8. The number of aryl methyl sites for hydroxylation is 1. The van der Waals surface area contributed by atoms with Gasteiger partial charge in [-0.25, -0.2) is 0 Å². The van der Waals surface area contributed by atoms with Gasteiger partial charge in [-0.1, -0.05) is 12.1 Å². The Hall–Kier alpha value is -2.24. The van der Waals surface area contributed by atoms with Crippen molar-refractivity contribution in [3.8, 4) is 0 Å². The second-order valence-electron chi connectivity index (χ2n) is 7.82. The summed E-state index contributed by atoms with van der Waals surface area (Å²) in [6.45, 7) is 7.78. The Bertz CT molecular complexity index is 789. The quantitative estimate of drug-likeness (QED) is 0.904. The van der Waals surface area contributed by atoms with Gasteiger partial charge in [0.25, 0.3) is 5.91 Å². The van der Waals surface area contributed by atoms with E-state index in [1.165, 1.54) is 44.5 Å². The highest BCUT2D eigenvalue weighted by molar-refractivity contribution is 6.04. The van der Waals surface area contributed by atoms with Crippen LogP contribution < -0.4 is 5.32 Å². The molecule has 5 heteroatoms. The van der Waals surface area contributed by atoms with Crippen LogP contribution in [-0.2, 0) is 6.54 Å². The molecule has 0 saturated carbocycles. The Morgan fingerprint density at radius 3 is 2.78 bits per heavy atom. The van der Waals surface area contributed by atoms with Crippen LogP contribution in [0.4, 0.5) is 5.69 Å². The molecule has 1 aromatic carbocycles. The maximum Gasteiger partial charge on any atom is 0.255 e. The second-order valence-corrected chi connectivity index (χ2v) is 7.82. The highest BCUT2D eigenvalue weighted by atomic mass is 16.1. The van der Waals surface area contributed by atoms with Gasteiger partial charge in [-0.15, -0.1) is 0 Å². The molecular weight excluding hydrogens is 336 g/mol. The van der Waals surface area contributed by atoms with E-state index >= 15 is 0 Å². The molecule has 2 fully saturated rings. The van der Waals surface area contributed by atoms with Gasteiger partial charge >= 0.3 is 0 Å². The van der Waals surface area contributed by atoms with Crippen LogP contribution in [0, 0.1) is 6.92 Å². The van der Waals surface area contributed by atoms with Crippen LogP contribution in [0.15, 0.2) is 42.7 Å². The van der Waals surface area contributed by atoms with Gasteiger partial charge in [0, 0.05) is 30.9 Å². The maximum atomic E-state index is 12.4. The largest absolute Gasteiger partial charge is 0.321 e. The van der Waals surface area contributed by atoms with Crippen LogP contribution in [0.3, 0.4) is 0 Å². The van der Waals surface area contributed by atoms with Crippen molar-refractivity contribution < 1.29 is 4.79 Å². The molecule has 4 rings (SSSR count). The van der Waals surface area contributed by atoms with Crippen molar-refractivity contribution >= 4 is 11.6 Å². The van der Waals surface area contributed by atoms with Gasteiger partial charge < -0.3 is 5.32 Å². The Kier molecular flexibility index (Phi) is 5.50. The number of nitrogens with one attached hydrogen (secondary N) is 1. The average molecular weight is 364 g/mol. The second kappa shape index (κ2) is 8.19. The van der Waals surface area contributed by atoms with Gasteiger partial charge in [0.1, 0.15) is 0 Å². The van der Waals surface area contributed by atoms with E-state index < -0.39 is 0 Å². The molecule has 5 nitrogen and oxygen atoms in total. The van der Waals surface area contributed by atoms with E-state index in [1.807, 2.05) is 25.1 Å². The number of carbonyl (C=O) groups is 1. The van der Waals surface area contributed by atoms with Crippen LogP contribution in [0.1, 0.15) is 40.7 Å². The molecule has 2 aliphatic heterocycles. The minimum Gasteiger partial charge on any atom is -0.321 e. The molecule has 0 aliphatic carbocycles. The lowest BCUT2D eigenvalue weighted by atomic mass is 10.1. The number of amides is 1. The van der Waals surface area contributed by atoms with Crippen molar-refractivity contribution in [3.63, 3.8) is 0 Å². The molecule has 0 unspecified atom stereocenters. The average Bonchev–Trinajstić information content (AvgIpc) is 3.00. The summed E-state index contributed by atoms with van der Waals surface area (Å²) in [7, 11) is 0. The lowest BCUT2D eigenvalue weighted by molar-refractivity contribution is 0.102. The zero-order valence-corrected chi connectivity index (χ0v) is 16.0. The number of hydrogen-bond acceptors (Lipinski definition) is 4. The molecule has 3 heterocycles. The molecule has 27 heavy (non-hydrogen) atoms. The predicted molar refractivity (Wildman–Crippen MR) is 108 cm³/mol. The first kappa shape index (κ1) is 18.1. The zero-order valence-electron chi connectivity index (χ0n) is 16.0. The van der Waals surface area contributed by atoms with E-state index in [4.69, 9.17) is 0 Å². The number of hydrogen-bond donors (Lipinski definition) is 1. The van der Waals surface area contributed by atoms with Gasteiger partial charge in [0.05, 0.1) is 11.9 Å². The fourth-order valence-corrected chi connectivity index (χ4v) is 4.27. The fourth-order valence-electron chi connectivity index (χ4n) is 4.27. The van der Waals surface area contributed by atoms with Crippen molar-refractivity contribution in [2.24, 2.45) is 0 Å². The summed E-state index contributed by atoms with van der Waals surface area (Å²) < 4.78 is 0. The maximum absolute atomic E-state index is 12.4. The zero-order chi connectivity index (χ0) is 18.6. The minimum absolute atomic E-state index is 0.0923. The first-order valence-electron chi connectivity index (χ1n) is 9.96. The lowest BCUT2D eigenvalue weighted by Crippen LogP contribution is -2.36. The topological polar surface area (TPSA) is 48.5 Å². The van der Waals surface area contributed by atoms with Gasteiger partial charge in [-0.3, -0.25) is 19.6 Å². The van der Waals surface area contributed by atoms with Crippen LogP contribution in [0.25, 0.3) is 0 Å². The first-order chi connectivity index (χ1) is 13.2. The monoisotopic (exact) mass is 364 g/mol. The van der Waals surface area contributed by atoms with E-state index in [9.17, 15) is 4.79 Å². The summed E-state index contributed by atoms with van der Waals surface area (Å²) >= 11 is 0. The highest BCUT2D eigenvalue weighted by Crippen LogP contribution is 2.22. The van der Waals surface area contributed by atoms with Gasteiger partial charge in [-0.2, -0.15) is 0 Å². The van der Waals surface area contributed by atoms with Crippen LogP contribution in [0.5, 0.6) is 0 Å². The van der Waals surface area contributed by atoms with Crippen molar-refractivity contribution in [1.29, 1.82) is 0 Å². The van der Waals surface area contributed by atoms with Crippen molar-refractivity contribution in [2.75, 3.05) is 31.5 Å². The van der Waals surface area contributed by atoms with Crippen molar-refractivity contribution in [1.82, 2.24) is 14.8 Å². The number of aromatic nitrogens is 1. The van der Waals surface area contributed by atoms with Gasteiger partial charge in [0.15, 0.2) is 0 Å². The SMILES string of the molecule is Cc1cncc(NC(=O)c2ccc(CN3CCCN4CCC[C@H]4C3)cc2)c1. The third-order valence-corrected chi connectivity index (χ3v) is 5.64. The summed E-state index contributed by atoms with van der Waals surface area (Å²) in [5.41, 5.74) is 3.71. The Balaban J connectivity index is 1.36. The third kappa shape index (κ3) is 4.54. The molecule has 2 aromatic rings. The molecular formula is C22H28N4O. The minimum atomic E-state index is -0.0923. The molecule has 1 atom stereocenters. The van der Waals surface area contributed by atoms with Crippen molar-refractivity contribution in [2.45, 2.75) is 38.8 Å². The van der Waals surface area contributed by atoms with E-state index in [0.717, 1.165) is 30.4 Å². The molecule has 2 saturated heterocycles. The molecule has 0 spiro atoms. The van der Waals surface area contributed by atoms with E-state index in [2.05, 4.69) is 32.2 Å². The molecule has 0 bridgehead atoms. The standard InChI is InChI=1S/C22H28N4O/c1-17-12-20(14-23-13-17)24-22(27)19-7-5-18(6-8-19)15-25-9-3-11-26-10-2-4-21(26)16-25/h5-8,12-14,21H,2-4,9-11,15-16H2,1H3,(H,24,27)/t21-/m0/s1. The van der Waals surface area contributed by atoms with E-state index in [0.29, 0.717) is 5.56 Å². The van der Waals surface area contributed by atoms with Gasteiger partial charge in [-0.05, 0) is 75.1 Å². The fraction of sp³-hybridized carbons (Fsp3) is 0.455. The van der Waals surface area contributed by atoms with Crippen molar-refractivity contribution in [3.05, 3.63) is 59.4 Å². The van der Waals surface area contributed by atoms with E-state index in [-0.39, 0.29) is 5.91 Å². The molecule has 2 aliphatic rings. The van der Waals surface area contributed by atoms with E-state index in [1.54, 1.807) is 12.4 Å².